The van der Waals surface area contributed by atoms with E-state index in [2.05, 4.69) is 0 Å². The molecule has 0 N–H and O–H groups in total. The number of benzene rings is 2. The number of methoxy groups -OCH3 is 1. The molecule has 21 heavy (non-hydrogen) atoms. The maximum atomic E-state index is 14.1. The van der Waals surface area contributed by atoms with E-state index in [0.29, 0.717) is 11.3 Å². The molecule has 0 spiro atoms. The van der Waals surface area contributed by atoms with Crippen molar-refractivity contribution < 1.29 is 13.9 Å². The van der Waals surface area contributed by atoms with Crippen molar-refractivity contribution in [2.75, 3.05) is 7.11 Å². The van der Waals surface area contributed by atoms with E-state index in [0.717, 1.165) is 10.9 Å². The van der Waals surface area contributed by atoms with Crippen LogP contribution in [0, 0.1) is 5.82 Å². The number of carbonyl (C=O) groups is 1. The van der Waals surface area contributed by atoms with Gasteiger partial charge in [0.05, 0.1) is 12.7 Å². The van der Waals surface area contributed by atoms with E-state index in [9.17, 15) is 9.18 Å². The number of hydrogen-bond donors (Lipinski definition) is 0. The molecule has 0 fully saturated rings. The summed E-state index contributed by atoms with van der Waals surface area (Å²) in [5.74, 6) is -0.513. The number of nitrogens with zero attached hydrogens (tertiary/aromatic N) is 1. The number of carbonyl (C=O) groups excluding carboxylic acids is 1. The number of halogens is 1. The molecule has 0 atom stereocenters. The first-order valence-corrected chi connectivity index (χ1v) is 6.54. The van der Waals surface area contributed by atoms with Crippen LogP contribution in [-0.2, 0) is 7.05 Å². The topological polar surface area (TPSA) is 31.2 Å². The minimum absolute atomic E-state index is 0.0483. The zero-order valence-corrected chi connectivity index (χ0v) is 11.8. The van der Waals surface area contributed by atoms with Crippen LogP contribution in [0.1, 0.15) is 15.9 Å². The van der Waals surface area contributed by atoms with Gasteiger partial charge in [-0.2, -0.15) is 0 Å². The lowest BCUT2D eigenvalue weighted by Crippen LogP contribution is -2.04. The number of ether oxygens (including phenoxy) is 1. The highest BCUT2D eigenvalue weighted by atomic mass is 19.1. The molecule has 0 bridgehead atoms. The van der Waals surface area contributed by atoms with Gasteiger partial charge in [0.2, 0.25) is 0 Å². The van der Waals surface area contributed by atoms with E-state index >= 15 is 0 Å². The minimum Gasteiger partial charge on any atom is -0.497 e. The Balaban J connectivity index is 2.13. The number of para-hydroxylation sites is 1. The van der Waals surface area contributed by atoms with Crippen molar-refractivity contribution >= 4 is 16.7 Å². The zero-order chi connectivity index (χ0) is 15.0. The van der Waals surface area contributed by atoms with Crippen LogP contribution in [0.4, 0.5) is 4.39 Å². The van der Waals surface area contributed by atoms with Gasteiger partial charge in [-0.3, -0.25) is 4.79 Å². The molecule has 0 aliphatic carbocycles. The second-order valence-corrected chi connectivity index (χ2v) is 4.85. The summed E-state index contributed by atoms with van der Waals surface area (Å²) in [4.78, 5) is 12.6. The summed E-state index contributed by atoms with van der Waals surface area (Å²) in [7, 11) is 3.32. The summed E-state index contributed by atoms with van der Waals surface area (Å²) in [5, 5.41) is 0.820. The normalized spacial score (nSPS) is 10.8. The number of fused-ring (bicyclic) bond motifs is 1. The van der Waals surface area contributed by atoms with E-state index < -0.39 is 5.82 Å². The van der Waals surface area contributed by atoms with Crippen LogP contribution < -0.4 is 4.74 Å². The molecule has 3 rings (SSSR count). The van der Waals surface area contributed by atoms with E-state index in [-0.39, 0.29) is 11.3 Å². The lowest BCUT2D eigenvalue weighted by Gasteiger charge is -2.04. The molecule has 0 saturated carbocycles. The minimum atomic E-state index is -0.577. The summed E-state index contributed by atoms with van der Waals surface area (Å²) in [6.07, 6.45) is 1.73. The molecular formula is C17H14FNO2. The maximum absolute atomic E-state index is 14.1. The van der Waals surface area contributed by atoms with Gasteiger partial charge in [0, 0.05) is 35.8 Å². The van der Waals surface area contributed by atoms with Gasteiger partial charge in [0.25, 0.3) is 0 Å². The van der Waals surface area contributed by atoms with Crippen LogP contribution in [0.25, 0.3) is 10.9 Å². The van der Waals surface area contributed by atoms with Gasteiger partial charge in [-0.25, -0.2) is 4.39 Å². The van der Waals surface area contributed by atoms with Gasteiger partial charge in [0.1, 0.15) is 11.6 Å². The first-order valence-electron chi connectivity index (χ1n) is 6.54. The van der Waals surface area contributed by atoms with Gasteiger partial charge >= 0.3 is 0 Å². The largest absolute Gasteiger partial charge is 0.497 e. The maximum Gasteiger partial charge on any atom is 0.198 e. The van der Waals surface area contributed by atoms with E-state index in [4.69, 9.17) is 4.74 Å². The molecule has 4 heteroatoms. The molecule has 0 unspecified atom stereocenters. The Labute approximate surface area is 121 Å². The van der Waals surface area contributed by atoms with Gasteiger partial charge in [-0.15, -0.1) is 0 Å². The lowest BCUT2D eigenvalue weighted by molar-refractivity contribution is 0.103. The van der Waals surface area contributed by atoms with Crippen LogP contribution in [-0.4, -0.2) is 17.5 Å². The second-order valence-electron chi connectivity index (χ2n) is 4.85. The molecule has 1 aromatic heterocycles. The summed E-state index contributed by atoms with van der Waals surface area (Å²) in [6, 6.07) is 11.8. The third-order valence-corrected chi connectivity index (χ3v) is 3.56. The number of hydrogen-bond acceptors (Lipinski definition) is 2. The fraction of sp³-hybridized carbons (Fsp3) is 0.118. The molecule has 0 amide bonds. The Bertz CT molecular complexity index is 836. The first kappa shape index (κ1) is 13.4. The molecule has 106 valence electrons. The quantitative estimate of drug-likeness (QED) is 0.688. The second kappa shape index (κ2) is 5.05. The van der Waals surface area contributed by atoms with Gasteiger partial charge < -0.3 is 9.30 Å². The summed E-state index contributed by atoms with van der Waals surface area (Å²) in [5.41, 5.74) is 1.49. The van der Waals surface area contributed by atoms with Crippen LogP contribution in [0.15, 0.2) is 48.7 Å². The van der Waals surface area contributed by atoms with Crippen molar-refractivity contribution in [2.45, 2.75) is 0 Å². The lowest BCUT2D eigenvalue weighted by atomic mass is 10.0. The standard InChI is InChI=1S/C17H14FNO2/c1-19-10-14(12-5-3-4-6-16(12)19)17(20)13-8-7-11(21-2)9-15(13)18/h3-10H,1-2H3. The average Bonchev–Trinajstić information content (AvgIpc) is 2.84. The number of ketones is 1. The summed E-state index contributed by atoms with van der Waals surface area (Å²) >= 11 is 0. The SMILES string of the molecule is COc1ccc(C(=O)c2cn(C)c3ccccc23)c(F)c1. The summed E-state index contributed by atoms with van der Waals surface area (Å²) < 4.78 is 20.9. The van der Waals surface area contributed by atoms with E-state index in [1.54, 1.807) is 12.3 Å². The zero-order valence-electron chi connectivity index (χ0n) is 11.8. The molecule has 0 aliphatic rings. The molecular weight excluding hydrogens is 269 g/mol. The van der Waals surface area contributed by atoms with Crippen molar-refractivity contribution in [3.63, 3.8) is 0 Å². The van der Waals surface area contributed by atoms with Gasteiger partial charge in [0.15, 0.2) is 5.78 Å². The Kier molecular flexibility index (Phi) is 3.22. The van der Waals surface area contributed by atoms with Crippen LogP contribution in [0.5, 0.6) is 5.75 Å². The van der Waals surface area contributed by atoms with Crippen molar-refractivity contribution in [2.24, 2.45) is 7.05 Å². The van der Waals surface area contributed by atoms with Crippen LogP contribution in [0.2, 0.25) is 0 Å². The number of aryl methyl sites for hydroxylation is 1. The summed E-state index contributed by atoms with van der Waals surface area (Å²) in [6.45, 7) is 0. The monoisotopic (exact) mass is 283 g/mol. The fourth-order valence-electron chi connectivity index (χ4n) is 2.47. The van der Waals surface area contributed by atoms with Crippen LogP contribution in [0.3, 0.4) is 0 Å². The van der Waals surface area contributed by atoms with Gasteiger partial charge in [-0.05, 0) is 18.2 Å². The van der Waals surface area contributed by atoms with Crippen molar-refractivity contribution in [3.8, 4) is 5.75 Å². The van der Waals surface area contributed by atoms with Crippen LogP contribution >= 0.6 is 0 Å². The highest BCUT2D eigenvalue weighted by Crippen LogP contribution is 2.25. The molecule has 0 aliphatic heterocycles. The first-order chi connectivity index (χ1) is 10.1. The molecule has 0 radical (unpaired) electrons. The predicted octanol–water partition coefficient (Wildman–Crippen LogP) is 3.56. The molecule has 3 nitrogen and oxygen atoms in total. The van der Waals surface area contributed by atoms with E-state index in [1.165, 1.54) is 19.2 Å². The predicted molar refractivity (Wildman–Crippen MR) is 79.3 cm³/mol. The third kappa shape index (κ3) is 2.18. The number of aromatic nitrogens is 1. The molecule has 3 aromatic rings. The molecule has 0 saturated heterocycles. The molecule has 1 heterocycles. The third-order valence-electron chi connectivity index (χ3n) is 3.56. The fourth-order valence-corrected chi connectivity index (χ4v) is 2.47. The van der Waals surface area contributed by atoms with Crippen molar-refractivity contribution in [1.29, 1.82) is 0 Å². The number of rotatable bonds is 3. The van der Waals surface area contributed by atoms with Crippen molar-refractivity contribution in [1.82, 2.24) is 4.57 Å². The molecule has 2 aromatic carbocycles. The smallest absolute Gasteiger partial charge is 0.198 e. The van der Waals surface area contributed by atoms with Gasteiger partial charge in [-0.1, -0.05) is 18.2 Å². The van der Waals surface area contributed by atoms with E-state index in [1.807, 2.05) is 35.9 Å². The highest BCUT2D eigenvalue weighted by Gasteiger charge is 2.19. The Hall–Kier alpha value is -2.62. The Morgan fingerprint density at radius 3 is 2.62 bits per heavy atom. The van der Waals surface area contributed by atoms with Crippen molar-refractivity contribution in [3.05, 3.63) is 65.6 Å². The Morgan fingerprint density at radius 2 is 1.90 bits per heavy atom. The highest BCUT2D eigenvalue weighted by molar-refractivity contribution is 6.16. The average molecular weight is 283 g/mol. The Morgan fingerprint density at radius 1 is 1.14 bits per heavy atom.